The van der Waals surface area contributed by atoms with Gasteiger partial charge in [-0.25, -0.2) is 0 Å². The van der Waals surface area contributed by atoms with Gasteiger partial charge in [-0.05, 0) is 0 Å². The highest BCUT2D eigenvalue weighted by atomic mass is 16.3. The second kappa shape index (κ2) is 3.61. The fourth-order valence-electron chi connectivity index (χ4n) is 0.232. The van der Waals surface area contributed by atoms with Gasteiger partial charge in [0.1, 0.15) is 0 Å². The molecule has 0 radical (unpaired) electrons. The van der Waals surface area contributed by atoms with Gasteiger partial charge in [-0.3, -0.25) is 4.79 Å². The van der Waals surface area contributed by atoms with Crippen LogP contribution in [0.2, 0.25) is 0 Å². The highest BCUT2D eigenvalue weighted by Gasteiger charge is 1.83. The van der Waals surface area contributed by atoms with Crippen LogP contribution in [0.15, 0.2) is 0 Å². The SMILES string of the molecule is CC(=O)NCCO.[HH]. The number of aliphatic hydroxyl groups is 1. The number of nitrogens with one attached hydrogen (secondary N) is 1. The Morgan fingerprint density at radius 2 is 2.57 bits per heavy atom. The van der Waals surface area contributed by atoms with Crippen LogP contribution in [0, 0.1) is 0 Å². The number of carbonyl (C=O) groups is 1. The summed E-state index contributed by atoms with van der Waals surface area (Å²) < 4.78 is 0. The van der Waals surface area contributed by atoms with E-state index in [9.17, 15) is 4.79 Å². The Kier molecular flexibility index (Phi) is 3.32. The summed E-state index contributed by atoms with van der Waals surface area (Å²) >= 11 is 0. The predicted octanol–water partition coefficient (Wildman–Crippen LogP) is -0.639. The molecule has 0 spiro atoms. The minimum atomic E-state index is -0.103. The van der Waals surface area contributed by atoms with Crippen LogP contribution in [0.1, 0.15) is 8.35 Å². The normalized spacial score (nSPS) is 8.29. The lowest BCUT2D eigenvalue weighted by Crippen LogP contribution is -2.22. The fraction of sp³-hybridized carbons (Fsp3) is 0.750. The van der Waals surface area contributed by atoms with Crippen molar-refractivity contribution >= 4 is 5.91 Å². The van der Waals surface area contributed by atoms with E-state index < -0.39 is 0 Å². The third-order valence-corrected chi connectivity index (χ3v) is 0.486. The van der Waals surface area contributed by atoms with E-state index in [1.54, 1.807) is 0 Å². The zero-order valence-corrected chi connectivity index (χ0v) is 4.27. The van der Waals surface area contributed by atoms with Gasteiger partial charge in [0.15, 0.2) is 0 Å². The number of carbonyl (C=O) groups excluding carboxylic acids is 1. The van der Waals surface area contributed by atoms with Gasteiger partial charge < -0.3 is 10.4 Å². The number of rotatable bonds is 2. The number of hydrogen-bond acceptors (Lipinski definition) is 2. The fourth-order valence-corrected chi connectivity index (χ4v) is 0.232. The van der Waals surface area contributed by atoms with Crippen LogP contribution in [-0.4, -0.2) is 24.2 Å². The van der Waals surface area contributed by atoms with Crippen molar-refractivity contribution in [2.24, 2.45) is 0 Å². The molecule has 0 rings (SSSR count). The Balaban J connectivity index is 0. The van der Waals surface area contributed by atoms with Crippen molar-refractivity contribution in [2.45, 2.75) is 6.92 Å². The molecule has 2 N–H and O–H groups in total. The van der Waals surface area contributed by atoms with E-state index >= 15 is 0 Å². The Hall–Kier alpha value is -0.570. The molecule has 1 amide bonds. The second-order valence-corrected chi connectivity index (χ2v) is 1.21. The molecule has 0 bridgehead atoms. The Labute approximate surface area is 43.8 Å². The van der Waals surface area contributed by atoms with Gasteiger partial charge in [0.05, 0.1) is 6.61 Å². The van der Waals surface area contributed by atoms with Crippen molar-refractivity contribution in [2.75, 3.05) is 13.2 Å². The first kappa shape index (κ1) is 6.43. The van der Waals surface area contributed by atoms with Crippen LogP contribution < -0.4 is 5.32 Å². The Morgan fingerprint density at radius 3 is 2.71 bits per heavy atom. The zero-order valence-electron chi connectivity index (χ0n) is 4.27. The third-order valence-electron chi connectivity index (χ3n) is 0.486. The summed E-state index contributed by atoms with van der Waals surface area (Å²) in [5.74, 6) is -0.103. The minimum absolute atomic E-state index is 0. The Bertz CT molecular complexity index is 67.1. The monoisotopic (exact) mass is 105 g/mol. The molecule has 0 aromatic carbocycles. The summed E-state index contributed by atoms with van der Waals surface area (Å²) in [5, 5.41) is 10.5. The molecule has 0 unspecified atom stereocenters. The maximum absolute atomic E-state index is 9.98. The molecule has 0 aromatic heterocycles. The molecule has 0 saturated heterocycles. The summed E-state index contributed by atoms with van der Waals surface area (Å²) in [7, 11) is 0. The zero-order chi connectivity index (χ0) is 5.70. The molecule has 3 nitrogen and oxygen atoms in total. The lowest BCUT2D eigenvalue weighted by Gasteiger charge is -1.93. The molecule has 7 heavy (non-hydrogen) atoms. The first-order chi connectivity index (χ1) is 3.27. The summed E-state index contributed by atoms with van der Waals surface area (Å²) in [4.78, 5) is 9.98. The molecule has 0 aliphatic carbocycles. The van der Waals surface area contributed by atoms with Crippen LogP contribution in [0.5, 0.6) is 0 Å². The van der Waals surface area contributed by atoms with Crippen molar-refractivity contribution < 1.29 is 11.3 Å². The first-order valence-electron chi connectivity index (χ1n) is 2.12. The van der Waals surface area contributed by atoms with E-state index in [2.05, 4.69) is 5.32 Å². The van der Waals surface area contributed by atoms with Gasteiger partial charge in [0.2, 0.25) is 5.91 Å². The van der Waals surface area contributed by atoms with Gasteiger partial charge in [-0.1, -0.05) is 0 Å². The highest BCUT2D eigenvalue weighted by Crippen LogP contribution is 1.56. The lowest BCUT2D eigenvalue weighted by atomic mass is 10.6. The van der Waals surface area contributed by atoms with Crippen LogP contribution >= 0.6 is 0 Å². The van der Waals surface area contributed by atoms with Crippen molar-refractivity contribution in [1.29, 1.82) is 0 Å². The van der Waals surface area contributed by atoms with Crippen LogP contribution in [-0.2, 0) is 4.79 Å². The average molecular weight is 105 g/mol. The van der Waals surface area contributed by atoms with E-state index in [4.69, 9.17) is 5.11 Å². The van der Waals surface area contributed by atoms with E-state index in [1.165, 1.54) is 6.92 Å². The van der Waals surface area contributed by atoms with Gasteiger partial charge in [-0.2, -0.15) is 0 Å². The van der Waals surface area contributed by atoms with E-state index in [1.807, 2.05) is 0 Å². The Morgan fingerprint density at radius 1 is 2.00 bits per heavy atom. The van der Waals surface area contributed by atoms with Gasteiger partial charge >= 0.3 is 0 Å². The third kappa shape index (κ3) is 5.43. The van der Waals surface area contributed by atoms with Crippen LogP contribution in [0.4, 0.5) is 0 Å². The summed E-state index contributed by atoms with van der Waals surface area (Å²) in [5.41, 5.74) is 0. The summed E-state index contributed by atoms with van der Waals surface area (Å²) in [6.45, 7) is 1.78. The van der Waals surface area contributed by atoms with Gasteiger partial charge in [-0.15, -0.1) is 0 Å². The van der Waals surface area contributed by atoms with E-state index in [0.717, 1.165) is 0 Å². The van der Waals surface area contributed by atoms with Gasteiger partial charge in [0.25, 0.3) is 0 Å². The lowest BCUT2D eigenvalue weighted by molar-refractivity contribution is -0.119. The molecular weight excluding hydrogens is 94.0 g/mol. The maximum atomic E-state index is 9.98. The molecule has 3 heteroatoms. The standard InChI is InChI=1S/C4H9NO2.H2/c1-4(7)5-2-3-6;/h6H,2-3H2,1H3,(H,5,7);1H. The van der Waals surface area contributed by atoms with Crippen molar-refractivity contribution in [3.05, 3.63) is 0 Å². The average Bonchev–Trinajstić information content (AvgIpc) is 1.61. The minimum Gasteiger partial charge on any atom is -0.395 e. The molecule has 0 atom stereocenters. The van der Waals surface area contributed by atoms with Crippen molar-refractivity contribution in [3.8, 4) is 0 Å². The molecule has 0 aliphatic heterocycles. The molecule has 0 heterocycles. The molecule has 44 valence electrons. The van der Waals surface area contributed by atoms with E-state index in [-0.39, 0.29) is 13.9 Å². The summed E-state index contributed by atoms with van der Waals surface area (Å²) in [6.07, 6.45) is 0. The summed E-state index contributed by atoms with van der Waals surface area (Å²) in [6, 6.07) is 0. The van der Waals surface area contributed by atoms with E-state index in [0.29, 0.717) is 6.54 Å². The molecule has 0 aliphatic rings. The van der Waals surface area contributed by atoms with Crippen molar-refractivity contribution in [3.63, 3.8) is 0 Å². The number of aliphatic hydroxyl groups excluding tert-OH is 1. The molecule has 0 fully saturated rings. The smallest absolute Gasteiger partial charge is 0.216 e. The molecular formula is C4H11NO2. The topological polar surface area (TPSA) is 49.3 Å². The number of hydrogen-bond donors (Lipinski definition) is 2. The maximum Gasteiger partial charge on any atom is 0.216 e. The quantitative estimate of drug-likeness (QED) is 0.490. The number of amides is 1. The molecule has 0 aromatic rings. The van der Waals surface area contributed by atoms with Gasteiger partial charge in [0, 0.05) is 14.9 Å². The molecule has 0 saturated carbocycles. The van der Waals surface area contributed by atoms with Crippen molar-refractivity contribution in [1.82, 2.24) is 5.32 Å². The first-order valence-corrected chi connectivity index (χ1v) is 2.12. The second-order valence-electron chi connectivity index (χ2n) is 1.21. The van der Waals surface area contributed by atoms with Crippen LogP contribution in [0.3, 0.4) is 0 Å². The highest BCUT2D eigenvalue weighted by molar-refractivity contribution is 5.72. The predicted molar refractivity (Wildman–Crippen MR) is 27.9 cm³/mol. The van der Waals surface area contributed by atoms with Crippen LogP contribution in [0.25, 0.3) is 0 Å². The largest absolute Gasteiger partial charge is 0.395 e.